The standard InChI is InChI=1S/C25H28N6O3/c1-33-24-13-27-21-4-2-3-19(25(21)28-24)23(32)14-31-17-6-7-18(31)11-16(10-17)26-12-15-5-8-20-22(9-15)30-34-29-20/h2-5,8-9,13,16-18,23,26,32H,6-7,10-12,14H2,1H3. The van der Waals surface area contributed by atoms with Crippen molar-refractivity contribution in [2.75, 3.05) is 13.7 Å². The monoisotopic (exact) mass is 460 g/mol. The van der Waals surface area contributed by atoms with Crippen LogP contribution in [0, 0.1) is 0 Å². The van der Waals surface area contributed by atoms with Crippen molar-refractivity contribution in [3.63, 3.8) is 0 Å². The number of aromatic nitrogens is 4. The topological polar surface area (TPSA) is 109 Å². The Bertz CT molecular complexity index is 1300. The predicted molar refractivity (Wildman–Crippen MR) is 126 cm³/mol. The lowest BCUT2D eigenvalue weighted by Gasteiger charge is -2.40. The lowest BCUT2D eigenvalue weighted by Crippen LogP contribution is -2.50. The van der Waals surface area contributed by atoms with Crippen LogP contribution in [0.25, 0.3) is 22.1 Å². The number of piperidine rings is 1. The molecule has 2 N–H and O–H groups in total. The molecule has 0 amide bonds. The zero-order chi connectivity index (χ0) is 23.1. The number of methoxy groups -OCH3 is 1. The van der Waals surface area contributed by atoms with Crippen molar-refractivity contribution in [1.29, 1.82) is 0 Å². The SMILES string of the molecule is COc1cnc2cccc(C(O)CN3C4CCC3CC(NCc3ccc5nonc5c3)C4)c2n1. The van der Waals surface area contributed by atoms with E-state index in [0.29, 0.717) is 36.1 Å². The molecule has 2 aliphatic heterocycles. The fourth-order valence-corrected chi connectivity index (χ4v) is 5.64. The lowest BCUT2D eigenvalue weighted by molar-refractivity contribution is 0.0521. The second-order valence-corrected chi connectivity index (χ2v) is 9.36. The normalized spacial score (nSPS) is 23.5. The summed E-state index contributed by atoms with van der Waals surface area (Å²) in [6.07, 6.45) is 5.50. The molecule has 2 fully saturated rings. The van der Waals surface area contributed by atoms with Gasteiger partial charge in [0.1, 0.15) is 11.0 Å². The number of fused-ring (bicyclic) bond motifs is 4. The highest BCUT2D eigenvalue weighted by Gasteiger charge is 2.41. The Labute approximate surface area is 197 Å². The first-order valence-corrected chi connectivity index (χ1v) is 11.9. The van der Waals surface area contributed by atoms with Crippen molar-refractivity contribution < 1.29 is 14.5 Å². The number of rotatable bonds is 7. The van der Waals surface area contributed by atoms with Crippen LogP contribution in [0.3, 0.4) is 0 Å². The molecule has 2 saturated heterocycles. The average molecular weight is 461 g/mol. The Morgan fingerprint density at radius 3 is 2.76 bits per heavy atom. The van der Waals surface area contributed by atoms with Crippen LogP contribution >= 0.6 is 0 Å². The Hall–Kier alpha value is -3.14. The molecule has 4 heterocycles. The highest BCUT2D eigenvalue weighted by atomic mass is 16.6. The zero-order valence-electron chi connectivity index (χ0n) is 19.1. The predicted octanol–water partition coefficient (Wildman–Crippen LogP) is 2.99. The van der Waals surface area contributed by atoms with Gasteiger partial charge < -0.3 is 15.2 Å². The molecule has 176 valence electrons. The van der Waals surface area contributed by atoms with Crippen LogP contribution in [0.2, 0.25) is 0 Å². The zero-order valence-corrected chi connectivity index (χ0v) is 19.1. The third-order valence-corrected chi connectivity index (χ3v) is 7.33. The largest absolute Gasteiger partial charge is 0.480 e. The van der Waals surface area contributed by atoms with Gasteiger partial charge in [-0.3, -0.25) is 4.90 Å². The fourth-order valence-electron chi connectivity index (χ4n) is 5.64. The van der Waals surface area contributed by atoms with Gasteiger partial charge >= 0.3 is 0 Å². The summed E-state index contributed by atoms with van der Waals surface area (Å²) in [5.41, 5.74) is 5.03. The van der Waals surface area contributed by atoms with Crippen LogP contribution in [-0.4, -0.2) is 62.1 Å². The maximum Gasteiger partial charge on any atom is 0.232 e. The second kappa shape index (κ2) is 8.90. The third kappa shape index (κ3) is 4.00. The molecule has 3 atom stereocenters. The summed E-state index contributed by atoms with van der Waals surface area (Å²) in [5.74, 6) is 0.457. The van der Waals surface area contributed by atoms with Crippen molar-refractivity contribution in [2.45, 2.75) is 56.5 Å². The van der Waals surface area contributed by atoms with Crippen molar-refractivity contribution >= 4 is 22.1 Å². The number of hydrogen-bond donors (Lipinski definition) is 2. The summed E-state index contributed by atoms with van der Waals surface area (Å²) in [6, 6.07) is 13.2. The van der Waals surface area contributed by atoms with E-state index in [4.69, 9.17) is 9.37 Å². The minimum absolute atomic E-state index is 0.457. The minimum atomic E-state index is -0.625. The van der Waals surface area contributed by atoms with Crippen molar-refractivity contribution in [3.05, 3.63) is 53.7 Å². The smallest absolute Gasteiger partial charge is 0.232 e. The van der Waals surface area contributed by atoms with Gasteiger partial charge in [-0.1, -0.05) is 18.2 Å². The quantitative estimate of drug-likeness (QED) is 0.430. The highest BCUT2D eigenvalue weighted by molar-refractivity contribution is 5.78. The summed E-state index contributed by atoms with van der Waals surface area (Å²) in [5, 5.41) is 22.7. The number of ether oxygens (including phenoxy) is 1. The number of nitrogens with one attached hydrogen (secondary N) is 1. The Balaban J connectivity index is 1.11. The van der Waals surface area contributed by atoms with Crippen molar-refractivity contribution in [1.82, 2.24) is 30.5 Å². The van der Waals surface area contributed by atoms with Crippen LogP contribution in [0.5, 0.6) is 5.88 Å². The van der Waals surface area contributed by atoms with Gasteiger partial charge in [0.05, 0.1) is 30.4 Å². The molecule has 2 aliphatic rings. The van der Waals surface area contributed by atoms with Gasteiger partial charge in [-0.15, -0.1) is 0 Å². The number of nitrogens with zero attached hydrogens (tertiary/aromatic N) is 5. The van der Waals surface area contributed by atoms with Crippen LogP contribution in [-0.2, 0) is 6.54 Å². The Morgan fingerprint density at radius 1 is 1.12 bits per heavy atom. The van der Waals surface area contributed by atoms with Crippen molar-refractivity contribution in [2.24, 2.45) is 0 Å². The molecule has 2 aromatic carbocycles. The molecule has 2 bridgehead atoms. The number of aliphatic hydroxyl groups is 1. The molecule has 0 saturated carbocycles. The third-order valence-electron chi connectivity index (χ3n) is 7.33. The Kier molecular flexibility index (Phi) is 5.60. The molecular weight excluding hydrogens is 432 g/mol. The molecule has 6 rings (SSSR count). The number of benzene rings is 2. The van der Waals surface area contributed by atoms with Gasteiger partial charge in [0.2, 0.25) is 5.88 Å². The van der Waals surface area contributed by atoms with Crippen LogP contribution in [0.15, 0.2) is 47.2 Å². The highest BCUT2D eigenvalue weighted by Crippen LogP contribution is 2.37. The summed E-state index contributed by atoms with van der Waals surface area (Å²) in [6.45, 7) is 1.40. The van der Waals surface area contributed by atoms with Crippen molar-refractivity contribution in [3.8, 4) is 5.88 Å². The Morgan fingerprint density at radius 2 is 1.94 bits per heavy atom. The molecule has 0 aliphatic carbocycles. The van der Waals surface area contributed by atoms with Crippen LogP contribution in [0.1, 0.15) is 42.9 Å². The molecule has 0 radical (unpaired) electrons. The van der Waals surface area contributed by atoms with Gasteiger partial charge in [-0.05, 0) is 59.8 Å². The maximum atomic E-state index is 11.2. The first-order valence-electron chi connectivity index (χ1n) is 11.9. The first-order chi connectivity index (χ1) is 16.7. The number of para-hydroxylation sites is 1. The van der Waals surface area contributed by atoms with E-state index in [2.05, 4.69) is 36.6 Å². The fraction of sp³-hybridized carbons (Fsp3) is 0.440. The van der Waals surface area contributed by atoms with Gasteiger partial charge in [-0.2, -0.15) is 0 Å². The minimum Gasteiger partial charge on any atom is -0.480 e. The van der Waals surface area contributed by atoms with Gasteiger partial charge in [0.15, 0.2) is 0 Å². The van der Waals surface area contributed by atoms with Gasteiger partial charge in [-0.25, -0.2) is 14.6 Å². The molecule has 34 heavy (non-hydrogen) atoms. The van der Waals surface area contributed by atoms with E-state index in [1.807, 2.05) is 30.3 Å². The maximum absolute atomic E-state index is 11.2. The van der Waals surface area contributed by atoms with Gasteiger partial charge in [0.25, 0.3) is 0 Å². The molecule has 4 aromatic rings. The second-order valence-electron chi connectivity index (χ2n) is 9.36. The molecule has 0 spiro atoms. The average Bonchev–Trinajstić information content (AvgIpc) is 3.42. The van der Waals surface area contributed by atoms with E-state index in [1.165, 1.54) is 18.4 Å². The van der Waals surface area contributed by atoms with E-state index in [9.17, 15) is 5.11 Å². The summed E-state index contributed by atoms with van der Waals surface area (Å²) >= 11 is 0. The first kappa shape index (κ1) is 21.4. The number of hydrogen-bond acceptors (Lipinski definition) is 9. The van der Waals surface area contributed by atoms with Crippen LogP contribution < -0.4 is 10.1 Å². The lowest BCUT2D eigenvalue weighted by atomic mass is 9.95. The van der Waals surface area contributed by atoms with E-state index < -0.39 is 6.10 Å². The van der Waals surface area contributed by atoms with Gasteiger partial charge in [0, 0.05) is 36.8 Å². The molecule has 3 unspecified atom stereocenters. The number of aliphatic hydroxyl groups excluding tert-OH is 1. The molecule has 9 nitrogen and oxygen atoms in total. The van der Waals surface area contributed by atoms with E-state index in [-0.39, 0.29) is 0 Å². The van der Waals surface area contributed by atoms with Crippen LogP contribution in [0.4, 0.5) is 0 Å². The van der Waals surface area contributed by atoms with E-state index >= 15 is 0 Å². The summed E-state index contributed by atoms with van der Waals surface area (Å²) in [4.78, 5) is 11.5. The summed E-state index contributed by atoms with van der Waals surface area (Å²) in [7, 11) is 1.58. The summed E-state index contributed by atoms with van der Waals surface area (Å²) < 4.78 is 10.1. The molecular formula is C25H28N6O3. The van der Waals surface area contributed by atoms with E-state index in [0.717, 1.165) is 41.5 Å². The molecule has 9 heteroatoms. The van der Waals surface area contributed by atoms with E-state index in [1.54, 1.807) is 13.3 Å². The molecule has 2 aromatic heterocycles.